The molecule has 35 heavy (non-hydrogen) atoms. The van der Waals surface area contributed by atoms with Crippen molar-refractivity contribution in [2.75, 3.05) is 42.7 Å². The third-order valence-corrected chi connectivity index (χ3v) is 7.13. The van der Waals surface area contributed by atoms with Gasteiger partial charge in [0.25, 0.3) is 5.56 Å². The van der Waals surface area contributed by atoms with Crippen LogP contribution in [-0.2, 0) is 16.7 Å². The van der Waals surface area contributed by atoms with Crippen LogP contribution in [0.2, 0.25) is 0 Å². The van der Waals surface area contributed by atoms with E-state index in [0.717, 1.165) is 16.8 Å². The first-order chi connectivity index (χ1) is 16.6. The van der Waals surface area contributed by atoms with E-state index in [2.05, 4.69) is 32.3 Å². The van der Waals surface area contributed by atoms with Crippen LogP contribution in [0.1, 0.15) is 11.9 Å². The highest BCUT2D eigenvalue weighted by Gasteiger charge is 2.50. The third-order valence-electron chi connectivity index (χ3n) is 5.20. The molecule has 2 aromatic rings. The number of fused-ring (bicyclic) bond motifs is 1. The van der Waals surface area contributed by atoms with Gasteiger partial charge in [-0.25, -0.2) is 9.78 Å². The molecule has 4 heterocycles. The maximum Gasteiger partial charge on any atom is 0.493 e. The molecule has 0 amide bonds. The summed E-state index contributed by atoms with van der Waals surface area (Å²) in [5, 5.41) is 12.7. The number of piperazine rings is 1. The molecule has 0 radical (unpaired) electrons. The van der Waals surface area contributed by atoms with E-state index in [1.54, 1.807) is 18.7 Å². The summed E-state index contributed by atoms with van der Waals surface area (Å²) in [6.45, 7) is 5.37. The number of aromatic nitrogens is 4. The van der Waals surface area contributed by atoms with Gasteiger partial charge in [-0.1, -0.05) is 17.3 Å². The van der Waals surface area contributed by atoms with Crippen LogP contribution < -0.4 is 20.8 Å². The molecule has 0 bridgehead atoms. The Bertz CT molecular complexity index is 1230. The highest BCUT2D eigenvalue weighted by Crippen LogP contribution is 2.40. The molecule has 0 aromatic carbocycles. The summed E-state index contributed by atoms with van der Waals surface area (Å²) in [6.07, 6.45) is -6.28. The predicted octanol–water partition coefficient (Wildman–Crippen LogP) is 0.950. The number of hydroxylamine groups is 1. The Labute approximate surface area is 206 Å². The second-order valence-corrected chi connectivity index (χ2v) is 9.91. The van der Waals surface area contributed by atoms with Gasteiger partial charge in [0.1, 0.15) is 5.01 Å². The second kappa shape index (κ2) is 10.0. The Morgan fingerprint density at radius 3 is 2.63 bits per heavy atom. The van der Waals surface area contributed by atoms with Crippen LogP contribution in [0.25, 0.3) is 0 Å². The van der Waals surface area contributed by atoms with Crippen molar-refractivity contribution < 1.29 is 22.8 Å². The summed E-state index contributed by atoms with van der Waals surface area (Å²) >= 11 is 2.31. The number of alkyl halides is 3. The van der Waals surface area contributed by atoms with Crippen molar-refractivity contribution >= 4 is 40.6 Å². The molecule has 0 saturated carbocycles. The summed E-state index contributed by atoms with van der Waals surface area (Å²) in [5.74, 6) is 2.98. The standard InChI is InChI=1S/C19H21F3N8O3S2/c1-4-5-8-29-12-13(24-16(27(3)14(12)31)35-17-26-25-11(2)34-17)30(33-15(32)19(20,21)22)18(29)28-9-6-23-7-10-28/h18,23H,6-10H2,1-3H3. The number of carbonyl (C=O) groups is 1. The molecule has 11 nitrogen and oxygen atoms in total. The largest absolute Gasteiger partial charge is 0.493 e. The molecule has 2 aliphatic heterocycles. The number of rotatable bonds is 5. The summed E-state index contributed by atoms with van der Waals surface area (Å²) in [7, 11) is 1.50. The fraction of sp³-hybridized carbons (Fsp3) is 0.526. The van der Waals surface area contributed by atoms with Crippen LogP contribution >= 0.6 is 23.1 Å². The molecule has 1 atom stereocenters. The van der Waals surface area contributed by atoms with Crippen molar-refractivity contribution in [1.82, 2.24) is 30.0 Å². The van der Waals surface area contributed by atoms with Gasteiger partial charge >= 0.3 is 12.1 Å². The van der Waals surface area contributed by atoms with E-state index in [1.165, 1.54) is 27.9 Å². The number of hydrogen-bond acceptors (Lipinski definition) is 12. The lowest BCUT2D eigenvalue weighted by Gasteiger charge is -2.40. The SMILES string of the molecule is CC#CCN1c2c(nc(Sc3nnc(C)s3)n(C)c2=O)N(OC(=O)C(F)(F)F)C1N1CCNCC1. The number of aryl methyl sites for hydroxylation is 1. The van der Waals surface area contributed by atoms with Gasteiger partial charge in [-0.3, -0.25) is 14.3 Å². The van der Waals surface area contributed by atoms with Crippen molar-refractivity contribution in [3.63, 3.8) is 0 Å². The zero-order chi connectivity index (χ0) is 25.3. The molecule has 1 N–H and O–H groups in total. The lowest BCUT2D eigenvalue weighted by Crippen LogP contribution is -2.61. The van der Waals surface area contributed by atoms with Gasteiger partial charge in [-0.05, 0) is 25.6 Å². The van der Waals surface area contributed by atoms with Crippen molar-refractivity contribution in [2.24, 2.45) is 7.05 Å². The molecule has 1 unspecified atom stereocenters. The average molecular weight is 531 g/mol. The van der Waals surface area contributed by atoms with Crippen LogP contribution in [0.3, 0.4) is 0 Å². The maximum atomic E-state index is 13.5. The smallest absolute Gasteiger partial charge is 0.327 e. The van der Waals surface area contributed by atoms with E-state index in [9.17, 15) is 22.8 Å². The Balaban J connectivity index is 1.85. The first-order valence-electron chi connectivity index (χ1n) is 10.4. The third kappa shape index (κ3) is 5.08. The number of anilines is 2. The van der Waals surface area contributed by atoms with Gasteiger partial charge < -0.3 is 15.1 Å². The average Bonchev–Trinajstić information content (AvgIpc) is 3.36. The number of halogens is 3. The summed E-state index contributed by atoms with van der Waals surface area (Å²) in [4.78, 5) is 38.0. The van der Waals surface area contributed by atoms with Crippen LogP contribution in [0, 0.1) is 18.8 Å². The molecule has 1 saturated heterocycles. The van der Waals surface area contributed by atoms with Crippen LogP contribution in [0.4, 0.5) is 24.7 Å². The Morgan fingerprint density at radius 1 is 1.31 bits per heavy atom. The summed E-state index contributed by atoms with van der Waals surface area (Å²) in [5.41, 5.74) is -0.533. The van der Waals surface area contributed by atoms with Gasteiger partial charge in [-0.15, -0.1) is 21.2 Å². The van der Waals surface area contributed by atoms with Crippen molar-refractivity contribution in [3.8, 4) is 11.8 Å². The van der Waals surface area contributed by atoms with Gasteiger partial charge in [0, 0.05) is 33.2 Å². The molecule has 2 aliphatic rings. The molecule has 0 aliphatic carbocycles. The van der Waals surface area contributed by atoms with E-state index in [0.29, 0.717) is 35.5 Å². The number of hydrogen-bond donors (Lipinski definition) is 1. The van der Waals surface area contributed by atoms with Crippen LogP contribution in [0.15, 0.2) is 14.3 Å². The monoisotopic (exact) mass is 530 g/mol. The molecule has 2 aromatic heterocycles. The number of nitrogens with one attached hydrogen (secondary N) is 1. The van der Waals surface area contributed by atoms with E-state index >= 15 is 0 Å². The second-order valence-electron chi connectivity index (χ2n) is 7.51. The quantitative estimate of drug-likeness (QED) is 0.441. The Kier molecular flexibility index (Phi) is 7.22. The van der Waals surface area contributed by atoms with Crippen molar-refractivity contribution in [3.05, 3.63) is 15.4 Å². The van der Waals surface area contributed by atoms with Crippen LogP contribution in [-0.4, -0.2) is 75.8 Å². The zero-order valence-corrected chi connectivity index (χ0v) is 20.6. The minimum atomic E-state index is -5.24. The minimum Gasteiger partial charge on any atom is -0.327 e. The highest BCUT2D eigenvalue weighted by molar-refractivity contribution is 8.00. The normalized spacial score (nSPS) is 18.3. The van der Waals surface area contributed by atoms with E-state index in [1.807, 2.05) is 0 Å². The van der Waals surface area contributed by atoms with E-state index in [-0.39, 0.29) is 23.2 Å². The lowest BCUT2D eigenvalue weighted by molar-refractivity contribution is -0.203. The molecule has 16 heteroatoms. The van der Waals surface area contributed by atoms with E-state index < -0.39 is 24.0 Å². The lowest BCUT2D eigenvalue weighted by atomic mass is 10.3. The van der Waals surface area contributed by atoms with Gasteiger partial charge in [0.15, 0.2) is 27.3 Å². The zero-order valence-electron chi connectivity index (χ0n) is 18.9. The summed E-state index contributed by atoms with van der Waals surface area (Å²) in [6, 6.07) is 0. The topological polar surface area (TPSA) is 109 Å². The maximum absolute atomic E-state index is 13.5. The molecule has 0 spiro atoms. The molecular formula is C19H21F3N8O3S2. The molecule has 1 fully saturated rings. The Morgan fingerprint density at radius 2 is 2.03 bits per heavy atom. The van der Waals surface area contributed by atoms with Crippen LogP contribution in [0.5, 0.6) is 0 Å². The minimum absolute atomic E-state index is 0.00782. The number of carbonyl (C=O) groups excluding carboxylic acids is 1. The fourth-order valence-corrected chi connectivity index (χ4v) is 5.38. The predicted molar refractivity (Wildman–Crippen MR) is 122 cm³/mol. The fourth-order valence-electron chi connectivity index (χ4n) is 3.62. The molecule has 4 rings (SSSR count). The summed E-state index contributed by atoms with van der Waals surface area (Å²) < 4.78 is 41.4. The first kappa shape index (κ1) is 25.2. The van der Waals surface area contributed by atoms with Gasteiger partial charge in [-0.2, -0.15) is 13.2 Å². The molecular weight excluding hydrogens is 509 g/mol. The Hall–Kier alpha value is -2.87. The van der Waals surface area contributed by atoms with Crippen molar-refractivity contribution in [2.45, 2.75) is 35.8 Å². The van der Waals surface area contributed by atoms with Gasteiger partial charge in [0.2, 0.25) is 0 Å². The van der Waals surface area contributed by atoms with Gasteiger partial charge in [0.05, 0.1) is 6.54 Å². The number of nitrogens with zero attached hydrogens (tertiary/aromatic N) is 7. The van der Waals surface area contributed by atoms with E-state index in [4.69, 9.17) is 4.84 Å². The first-order valence-corrected chi connectivity index (χ1v) is 12.0. The van der Waals surface area contributed by atoms with Crippen molar-refractivity contribution in [1.29, 1.82) is 0 Å². The molecule has 188 valence electrons. The highest BCUT2D eigenvalue weighted by atomic mass is 32.2.